The van der Waals surface area contributed by atoms with Gasteiger partial charge in [0.1, 0.15) is 0 Å². The third kappa shape index (κ3) is 4.60. The second-order valence-electron chi connectivity index (χ2n) is 4.68. The van der Waals surface area contributed by atoms with Crippen molar-refractivity contribution in [2.75, 3.05) is 11.5 Å². The first-order chi connectivity index (χ1) is 8.04. The summed E-state index contributed by atoms with van der Waals surface area (Å²) in [7, 11) is -0.733. The van der Waals surface area contributed by atoms with Gasteiger partial charge in [0.2, 0.25) is 0 Å². The van der Waals surface area contributed by atoms with Crippen molar-refractivity contribution >= 4 is 10.8 Å². The summed E-state index contributed by atoms with van der Waals surface area (Å²) in [6.45, 7) is 7.00. The van der Waals surface area contributed by atoms with Crippen molar-refractivity contribution in [3.05, 3.63) is 18.2 Å². The summed E-state index contributed by atoms with van der Waals surface area (Å²) < 4.78 is 13.4. The molecule has 1 aromatic rings. The molecule has 2 N–H and O–H groups in total. The number of imidazole rings is 1. The quantitative estimate of drug-likeness (QED) is 0.808. The van der Waals surface area contributed by atoms with Crippen molar-refractivity contribution in [3.8, 4) is 0 Å². The van der Waals surface area contributed by atoms with E-state index in [0.29, 0.717) is 17.4 Å². The van der Waals surface area contributed by atoms with E-state index in [0.717, 1.165) is 18.7 Å². The molecule has 0 aliphatic rings. The van der Waals surface area contributed by atoms with Crippen molar-refractivity contribution in [1.29, 1.82) is 0 Å². The zero-order valence-corrected chi connectivity index (χ0v) is 11.7. The molecule has 5 heteroatoms. The largest absolute Gasteiger partial charge is 0.332 e. The van der Waals surface area contributed by atoms with Crippen LogP contribution < -0.4 is 5.73 Å². The van der Waals surface area contributed by atoms with Gasteiger partial charge in [-0.2, -0.15) is 0 Å². The highest BCUT2D eigenvalue weighted by molar-refractivity contribution is 7.84. The van der Waals surface area contributed by atoms with Crippen LogP contribution in [0.2, 0.25) is 0 Å². The zero-order valence-electron chi connectivity index (χ0n) is 10.9. The molecule has 0 aromatic carbocycles. The molecule has 1 heterocycles. The first kappa shape index (κ1) is 14.4. The molecular weight excluding hydrogens is 234 g/mol. The molecule has 0 amide bonds. The van der Waals surface area contributed by atoms with Crippen molar-refractivity contribution in [2.45, 2.75) is 39.8 Å². The molecule has 0 saturated carbocycles. The van der Waals surface area contributed by atoms with Gasteiger partial charge in [-0.1, -0.05) is 20.8 Å². The molecule has 2 unspecified atom stereocenters. The standard InChI is InChI=1S/C12H23N3OS/c1-4-17(16)6-5-15-9-14-8-12(15)11(13)7-10(2)3/h8-11H,4-7,13H2,1-3H3. The number of aryl methyl sites for hydroxylation is 1. The molecule has 2 atom stereocenters. The topological polar surface area (TPSA) is 60.9 Å². The highest BCUT2D eigenvalue weighted by Crippen LogP contribution is 2.18. The minimum absolute atomic E-state index is 0.0209. The Morgan fingerprint density at radius 1 is 1.53 bits per heavy atom. The van der Waals surface area contributed by atoms with Crippen LogP contribution in [-0.4, -0.2) is 25.3 Å². The Bertz CT molecular complexity index is 362. The monoisotopic (exact) mass is 257 g/mol. The van der Waals surface area contributed by atoms with E-state index in [1.165, 1.54) is 0 Å². The van der Waals surface area contributed by atoms with Gasteiger partial charge in [0.15, 0.2) is 0 Å². The second kappa shape index (κ2) is 6.91. The molecule has 1 aromatic heterocycles. The first-order valence-corrected chi connectivity index (χ1v) is 7.64. The fraction of sp³-hybridized carbons (Fsp3) is 0.750. The molecular formula is C12H23N3OS. The van der Waals surface area contributed by atoms with Gasteiger partial charge in [-0.15, -0.1) is 0 Å². The van der Waals surface area contributed by atoms with Crippen LogP contribution in [0.15, 0.2) is 12.5 Å². The smallest absolute Gasteiger partial charge is 0.0948 e. The van der Waals surface area contributed by atoms with Gasteiger partial charge in [-0.05, 0) is 12.3 Å². The fourth-order valence-corrected chi connectivity index (χ4v) is 2.49. The van der Waals surface area contributed by atoms with Gasteiger partial charge in [-0.25, -0.2) is 4.98 Å². The number of nitrogens with two attached hydrogens (primary N) is 1. The lowest BCUT2D eigenvalue weighted by Crippen LogP contribution is -2.19. The molecule has 0 bridgehead atoms. The summed E-state index contributed by atoms with van der Waals surface area (Å²) in [5.74, 6) is 1.95. The molecule has 1 rings (SSSR count). The highest BCUT2D eigenvalue weighted by Gasteiger charge is 2.13. The molecule has 0 spiro atoms. The lowest BCUT2D eigenvalue weighted by Gasteiger charge is -2.16. The van der Waals surface area contributed by atoms with Crippen molar-refractivity contribution < 1.29 is 4.21 Å². The summed E-state index contributed by atoms with van der Waals surface area (Å²) in [5.41, 5.74) is 7.19. The molecule has 98 valence electrons. The Kier molecular flexibility index (Phi) is 5.85. The van der Waals surface area contributed by atoms with Gasteiger partial charge in [-0.3, -0.25) is 4.21 Å². The average Bonchev–Trinajstić information content (AvgIpc) is 2.73. The van der Waals surface area contributed by atoms with Crippen LogP contribution in [0.1, 0.15) is 38.9 Å². The SMILES string of the molecule is CCS(=O)CCn1cncc1C(N)CC(C)C. The number of rotatable bonds is 7. The Morgan fingerprint density at radius 2 is 2.24 bits per heavy atom. The van der Waals surface area contributed by atoms with E-state index < -0.39 is 10.8 Å². The average molecular weight is 257 g/mol. The molecule has 0 saturated heterocycles. The van der Waals surface area contributed by atoms with E-state index in [9.17, 15) is 4.21 Å². The van der Waals surface area contributed by atoms with Gasteiger partial charge in [0.05, 0.1) is 12.0 Å². The van der Waals surface area contributed by atoms with E-state index in [1.807, 2.05) is 17.7 Å². The predicted molar refractivity (Wildman–Crippen MR) is 72.2 cm³/mol. The molecule has 0 aliphatic heterocycles. The first-order valence-electron chi connectivity index (χ1n) is 6.15. The maximum Gasteiger partial charge on any atom is 0.0948 e. The van der Waals surface area contributed by atoms with E-state index in [2.05, 4.69) is 18.8 Å². The van der Waals surface area contributed by atoms with Crippen molar-refractivity contribution in [2.24, 2.45) is 11.7 Å². The van der Waals surface area contributed by atoms with Crippen LogP contribution in [0.4, 0.5) is 0 Å². The lowest BCUT2D eigenvalue weighted by molar-refractivity contribution is 0.487. The third-order valence-electron chi connectivity index (χ3n) is 2.73. The summed E-state index contributed by atoms with van der Waals surface area (Å²) in [4.78, 5) is 4.14. The van der Waals surface area contributed by atoms with Gasteiger partial charge < -0.3 is 10.3 Å². The Labute approximate surface area is 106 Å². The van der Waals surface area contributed by atoms with Gasteiger partial charge >= 0.3 is 0 Å². The number of hydrogen-bond donors (Lipinski definition) is 1. The van der Waals surface area contributed by atoms with Crippen LogP contribution in [-0.2, 0) is 17.3 Å². The van der Waals surface area contributed by atoms with Crippen LogP contribution >= 0.6 is 0 Å². The minimum Gasteiger partial charge on any atom is -0.332 e. The van der Waals surface area contributed by atoms with Crippen LogP contribution in [0.3, 0.4) is 0 Å². The Hall–Kier alpha value is -0.680. The van der Waals surface area contributed by atoms with E-state index in [4.69, 9.17) is 5.73 Å². The Morgan fingerprint density at radius 3 is 2.82 bits per heavy atom. The predicted octanol–water partition coefficient (Wildman–Crippen LogP) is 1.70. The van der Waals surface area contributed by atoms with E-state index in [-0.39, 0.29) is 6.04 Å². The maximum absolute atomic E-state index is 11.4. The van der Waals surface area contributed by atoms with Crippen LogP contribution in [0, 0.1) is 5.92 Å². The number of hydrogen-bond acceptors (Lipinski definition) is 3. The summed E-state index contributed by atoms with van der Waals surface area (Å²) in [5, 5.41) is 0. The zero-order chi connectivity index (χ0) is 12.8. The number of nitrogens with zero attached hydrogens (tertiary/aromatic N) is 2. The molecule has 0 fully saturated rings. The van der Waals surface area contributed by atoms with Crippen LogP contribution in [0.5, 0.6) is 0 Å². The normalized spacial score (nSPS) is 15.1. The van der Waals surface area contributed by atoms with Crippen molar-refractivity contribution in [1.82, 2.24) is 9.55 Å². The number of aromatic nitrogens is 2. The second-order valence-corrected chi connectivity index (χ2v) is 6.55. The lowest BCUT2D eigenvalue weighted by atomic mass is 10.0. The highest BCUT2D eigenvalue weighted by atomic mass is 32.2. The van der Waals surface area contributed by atoms with Gasteiger partial charge in [0, 0.05) is 41.1 Å². The maximum atomic E-state index is 11.4. The summed E-state index contributed by atoms with van der Waals surface area (Å²) >= 11 is 0. The third-order valence-corrected chi connectivity index (χ3v) is 4.01. The molecule has 4 nitrogen and oxygen atoms in total. The fourth-order valence-electron chi connectivity index (χ4n) is 1.80. The van der Waals surface area contributed by atoms with E-state index in [1.54, 1.807) is 6.33 Å². The molecule has 0 aliphatic carbocycles. The molecule has 17 heavy (non-hydrogen) atoms. The summed E-state index contributed by atoms with van der Waals surface area (Å²) in [6.07, 6.45) is 4.55. The molecule has 0 radical (unpaired) electrons. The van der Waals surface area contributed by atoms with Crippen LogP contribution in [0.25, 0.3) is 0 Å². The Balaban J connectivity index is 2.62. The van der Waals surface area contributed by atoms with Gasteiger partial charge in [0.25, 0.3) is 0 Å². The summed E-state index contributed by atoms with van der Waals surface area (Å²) in [6, 6.07) is 0.0209. The van der Waals surface area contributed by atoms with Crippen molar-refractivity contribution in [3.63, 3.8) is 0 Å². The minimum atomic E-state index is -0.733. The van der Waals surface area contributed by atoms with E-state index >= 15 is 0 Å².